The second-order valence-electron chi connectivity index (χ2n) is 4.94. The van der Waals surface area contributed by atoms with Gasteiger partial charge in [0, 0.05) is 18.8 Å². The Kier molecular flexibility index (Phi) is 3.27. The van der Waals surface area contributed by atoms with Crippen molar-refractivity contribution >= 4 is 60.3 Å². The lowest BCUT2D eigenvalue weighted by Crippen LogP contribution is -1.96. The molecule has 4 aromatic rings. The summed E-state index contributed by atoms with van der Waals surface area (Å²) >= 11 is 6.13. The molecule has 0 fully saturated rings. The zero-order valence-electron chi connectivity index (χ0n) is 11.1. The summed E-state index contributed by atoms with van der Waals surface area (Å²) in [5.41, 5.74) is 3.68. The number of rotatable bonds is 1. The predicted molar refractivity (Wildman–Crippen MR) is 101 cm³/mol. The van der Waals surface area contributed by atoms with Crippen LogP contribution in [0.4, 0.5) is 0 Å². The molecule has 0 saturated carbocycles. The Morgan fingerprint density at radius 2 is 1.48 bits per heavy atom. The SMILES string of the molecule is Brc1cccc2c3ccccc3n(-c3ccccc3I)c12. The highest BCUT2D eigenvalue weighted by molar-refractivity contribution is 14.1. The molecule has 0 unspecified atom stereocenters. The Labute approximate surface area is 144 Å². The number of nitrogens with zero attached hydrogens (tertiary/aromatic N) is 1. The van der Waals surface area contributed by atoms with E-state index in [-0.39, 0.29) is 0 Å². The van der Waals surface area contributed by atoms with Gasteiger partial charge in [-0.1, -0.05) is 42.5 Å². The number of para-hydroxylation sites is 3. The van der Waals surface area contributed by atoms with E-state index in [1.54, 1.807) is 0 Å². The van der Waals surface area contributed by atoms with Crippen molar-refractivity contribution in [3.8, 4) is 5.69 Å². The van der Waals surface area contributed by atoms with Gasteiger partial charge in [0.2, 0.25) is 0 Å². The lowest BCUT2D eigenvalue weighted by atomic mass is 10.2. The van der Waals surface area contributed by atoms with E-state index < -0.39 is 0 Å². The van der Waals surface area contributed by atoms with Gasteiger partial charge < -0.3 is 4.57 Å². The smallest absolute Gasteiger partial charge is 0.0683 e. The van der Waals surface area contributed by atoms with E-state index >= 15 is 0 Å². The molecular formula is C18H11BrIN. The van der Waals surface area contributed by atoms with Gasteiger partial charge in [-0.25, -0.2) is 0 Å². The molecule has 1 aromatic heterocycles. The molecule has 3 heteroatoms. The zero-order valence-corrected chi connectivity index (χ0v) is 14.8. The van der Waals surface area contributed by atoms with Gasteiger partial charge in [-0.2, -0.15) is 0 Å². The number of fused-ring (bicyclic) bond motifs is 3. The van der Waals surface area contributed by atoms with Crippen LogP contribution in [0.5, 0.6) is 0 Å². The van der Waals surface area contributed by atoms with Crippen molar-refractivity contribution in [2.75, 3.05) is 0 Å². The minimum Gasteiger partial charge on any atom is -0.307 e. The van der Waals surface area contributed by atoms with E-state index in [2.05, 4.69) is 110 Å². The monoisotopic (exact) mass is 447 g/mol. The maximum Gasteiger partial charge on any atom is 0.0683 e. The Balaban J connectivity index is 2.28. The number of hydrogen-bond donors (Lipinski definition) is 0. The molecule has 0 N–H and O–H groups in total. The molecule has 1 heterocycles. The Hall–Kier alpha value is -1.33. The second-order valence-corrected chi connectivity index (χ2v) is 6.96. The Morgan fingerprint density at radius 3 is 2.33 bits per heavy atom. The summed E-state index contributed by atoms with van der Waals surface area (Å²) < 4.78 is 4.71. The topological polar surface area (TPSA) is 4.93 Å². The van der Waals surface area contributed by atoms with Gasteiger partial charge >= 0.3 is 0 Å². The minimum absolute atomic E-state index is 1.12. The zero-order chi connectivity index (χ0) is 14.4. The summed E-state index contributed by atoms with van der Waals surface area (Å²) in [7, 11) is 0. The standard InChI is InChI=1S/C18H11BrIN/c19-14-8-5-7-13-12-6-1-3-10-16(12)21(18(13)14)17-11-4-2-9-15(17)20/h1-11H. The molecule has 4 rings (SSSR count). The van der Waals surface area contributed by atoms with Crippen LogP contribution in [0.15, 0.2) is 71.2 Å². The van der Waals surface area contributed by atoms with E-state index in [0.717, 1.165) is 4.47 Å². The molecule has 0 radical (unpaired) electrons. The van der Waals surface area contributed by atoms with Crippen molar-refractivity contribution in [2.45, 2.75) is 0 Å². The van der Waals surface area contributed by atoms with Crippen LogP contribution in [-0.4, -0.2) is 4.57 Å². The van der Waals surface area contributed by atoms with Gasteiger partial charge in [0.15, 0.2) is 0 Å². The van der Waals surface area contributed by atoms with Gasteiger partial charge in [0.1, 0.15) is 0 Å². The third kappa shape index (κ3) is 2.02. The summed E-state index contributed by atoms with van der Waals surface area (Å²) in [5.74, 6) is 0. The van der Waals surface area contributed by atoms with Crippen molar-refractivity contribution in [1.29, 1.82) is 0 Å². The highest BCUT2D eigenvalue weighted by Crippen LogP contribution is 2.36. The molecule has 0 atom stereocenters. The van der Waals surface area contributed by atoms with Gasteiger partial charge in [-0.15, -0.1) is 0 Å². The fourth-order valence-electron chi connectivity index (χ4n) is 2.86. The van der Waals surface area contributed by atoms with E-state index in [9.17, 15) is 0 Å². The van der Waals surface area contributed by atoms with Gasteiger partial charge in [-0.3, -0.25) is 0 Å². The van der Waals surface area contributed by atoms with E-state index in [4.69, 9.17) is 0 Å². The number of halogens is 2. The first-order valence-corrected chi connectivity index (χ1v) is 8.57. The first kappa shape index (κ1) is 13.3. The quantitative estimate of drug-likeness (QED) is 0.308. The minimum atomic E-state index is 1.12. The van der Waals surface area contributed by atoms with Crippen LogP contribution in [0.25, 0.3) is 27.5 Å². The lowest BCUT2D eigenvalue weighted by molar-refractivity contribution is 1.16. The van der Waals surface area contributed by atoms with Crippen molar-refractivity contribution in [2.24, 2.45) is 0 Å². The normalized spacial score (nSPS) is 11.3. The third-order valence-corrected chi connectivity index (χ3v) is 5.29. The fourth-order valence-corrected chi connectivity index (χ4v) is 4.03. The molecule has 0 amide bonds. The predicted octanol–water partition coefficient (Wildman–Crippen LogP) is 6.15. The maximum absolute atomic E-state index is 3.72. The Morgan fingerprint density at radius 1 is 0.762 bits per heavy atom. The van der Waals surface area contributed by atoms with Crippen LogP contribution < -0.4 is 0 Å². The molecule has 3 aromatic carbocycles. The highest BCUT2D eigenvalue weighted by Gasteiger charge is 2.15. The van der Waals surface area contributed by atoms with Crippen molar-refractivity contribution in [1.82, 2.24) is 4.57 Å². The first-order valence-electron chi connectivity index (χ1n) is 6.70. The highest BCUT2D eigenvalue weighted by atomic mass is 127. The molecule has 0 spiro atoms. The van der Waals surface area contributed by atoms with Crippen LogP contribution in [0.3, 0.4) is 0 Å². The molecule has 21 heavy (non-hydrogen) atoms. The molecule has 102 valence electrons. The molecule has 1 nitrogen and oxygen atoms in total. The van der Waals surface area contributed by atoms with Gasteiger partial charge in [0.25, 0.3) is 0 Å². The molecular weight excluding hydrogens is 437 g/mol. The summed E-state index contributed by atoms with van der Waals surface area (Å²) in [6, 6.07) is 23.5. The summed E-state index contributed by atoms with van der Waals surface area (Å²) in [6.45, 7) is 0. The lowest BCUT2D eigenvalue weighted by Gasteiger charge is -2.10. The fraction of sp³-hybridized carbons (Fsp3) is 0. The number of aromatic nitrogens is 1. The average molecular weight is 448 g/mol. The van der Waals surface area contributed by atoms with Crippen LogP contribution in [0.1, 0.15) is 0 Å². The molecule has 0 bridgehead atoms. The summed E-state index contributed by atoms with van der Waals surface area (Å²) in [5, 5.41) is 2.56. The largest absolute Gasteiger partial charge is 0.307 e. The second kappa shape index (κ2) is 5.14. The van der Waals surface area contributed by atoms with Gasteiger partial charge in [-0.05, 0) is 62.8 Å². The van der Waals surface area contributed by atoms with E-state index in [1.807, 2.05) is 0 Å². The maximum atomic E-state index is 3.72. The molecule has 0 aliphatic heterocycles. The van der Waals surface area contributed by atoms with Crippen molar-refractivity contribution < 1.29 is 0 Å². The number of hydrogen-bond acceptors (Lipinski definition) is 0. The average Bonchev–Trinajstić information content (AvgIpc) is 2.84. The van der Waals surface area contributed by atoms with E-state index in [0.29, 0.717) is 0 Å². The van der Waals surface area contributed by atoms with Crippen LogP contribution in [-0.2, 0) is 0 Å². The van der Waals surface area contributed by atoms with E-state index in [1.165, 1.54) is 31.1 Å². The van der Waals surface area contributed by atoms with Crippen molar-refractivity contribution in [3.63, 3.8) is 0 Å². The Bertz CT molecular complexity index is 971. The molecule has 0 saturated heterocycles. The summed E-state index contributed by atoms with van der Waals surface area (Å²) in [6.07, 6.45) is 0. The van der Waals surface area contributed by atoms with Crippen LogP contribution in [0.2, 0.25) is 0 Å². The molecule has 0 aliphatic rings. The first-order chi connectivity index (χ1) is 10.3. The molecule has 0 aliphatic carbocycles. The van der Waals surface area contributed by atoms with Crippen LogP contribution in [0, 0.1) is 3.57 Å². The third-order valence-electron chi connectivity index (χ3n) is 3.74. The summed E-state index contributed by atoms with van der Waals surface area (Å²) in [4.78, 5) is 0. The van der Waals surface area contributed by atoms with Crippen molar-refractivity contribution in [3.05, 3.63) is 74.8 Å². The number of benzene rings is 3. The van der Waals surface area contributed by atoms with Gasteiger partial charge in [0.05, 0.1) is 16.7 Å². The van der Waals surface area contributed by atoms with Crippen LogP contribution >= 0.6 is 38.5 Å².